The fraction of sp³-hybridized carbons (Fsp3) is 0.833. The van der Waals surface area contributed by atoms with Gasteiger partial charge in [0.15, 0.2) is 0 Å². The van der Waals surface area contributed by atoms with Gasteiger partial charge in [0.1, 0.15) is 0 Å². The minimum absolute atomic E-state index is 0.371. The van der Waals surface area contributed by atoms with E-state index in [0.29, 0.717) is 6.04 Å². The van der Waals surface area contributed by atoms with Gasteiger partial charge in [0.2, 0.25) is 5.89 Å². The second kappa shape index (κ2) is 6.15. The van der Waals surface area contributed by atoms with Gasteiger partial charge in [-0.3, -0.25) is 0 Å². The highest BCUT2D eigenvalue weighted by atomic mass is 16.5. The van der Waals surface area contributed by atoms with E-state index in [0.717, 1.165) is 51.0 Å². The van der Waals surface area contributed by atoms with E-state index in [9.17, 15) is 0 Å². The lowest BCUT2D eigenvalue weighted by Crippen LogP contribution is -2.44. The first kappa shape index (κ1) is 13.3. The van der Waals surface area contributed by atoms with E-state index < -0.39 is 0 Å². The summed E-state index contributed by atoms with van der Waals surface area (Å²) >= 11 is 0. The van der Waals surface area contributed by atoms with Crippen molar-refractivity contribution in [1.82, 2.24) is 20.4 Å². The molecule has 18 heavy (non-hydrogen) atoms. The number of hydrogen-bond acceptors (Lipinski definition) is 6. The Morgan fingerprint density at radius 1 is 1.33 bits per heavy atom. The predicted octanol–water partition coefficient (Wildman–Crippen LogP) is 0.362. The van der Waals surface area contributed by atoms with Gasteiger partial charge in [-0.2, -0.15) is 4.98 Å². The van der Waals surface area contributed by atoms with Crippen molar-refractivity contribution in [3.05, 3.63) is 5.89 Å². The summed E-state index contributed by atoms with van der Waals surface area (Å²) in [6.07, 6.45) is 0.786. The van der Waals surface area contributed by atoms with E-state index in [1.54, 1.807) is 0 Å². The van der Waals surface area contributed by atoms with Crippen molar-refractivity contribution in [2.24, 2.45) is 0 Å². The summed E-state index contributed by atoms with van der Waals surface area (Å²) in [7, 11) is 2.14. The molecule has 1 fully saturated rings. The number of rotatable bonds is 5. The first-order valence-corrected chi connectivity index (χ1v) is 6.68. The quantitative estimate of drug-likeness (QED) is 0.818. The van der Waals surface area contributed by atoms with Crippen LogP contribution >= 0.6 is 0 Å². The maximum Gasteiger partial charge on any atom is 0.266 e. The van der Waals surface area contributed by atoms with Crippen LogP contribution in [0, 0.1) is 0 Å². The molecule has 0 aliphatic carbocycles. The van der Waals surface area contributed by atoms with Crippen LogP contribution in [0.2, 0.25) is 0 Å². The average molecular weight is 253 g/mol. The summed E-state index contributed by atoms with van der Waals surface area (Å²) < 4.78 is 5.31. The Hall–Kier alpha value is -1.14. The second-order valence-corrected chi connectivity index (χ2v) is 4.94. The molecule has 1 aromatic heterocycles. The van der Waals surface area contributed by atoms with Crippen molar-refractivity contribution in [2.75, 3.05) is 44.7 Å². The van der Waals surface area contributed by atoms with Crippen LogP contribution in [0.1, 0.15) is 19.7 Å². The fourth-order valence-electron chi connectivity index (χ4n) is 2.15. The number of nitrogens with one attached hydrogen (secondary N) is 1. The van der Waals surface area contributed by atoms with Crippen molar-refractivity contribution < 1.29 is 4.52 Å². The van der Waals surface area contributed by atoms with Crippen LogP contribution in [0.3, 0.4) is 0 Å². The SMILES string of the molecule is CCNC(C)Cc1nc(N2CCN(C)CC2)no1. The van der Waals surface area contributed by atoms with E-state index in [-0.39, 0.29) is 0 Å². The number of anilines is 1. The van der Waals surface area contributed by atoms with Crippen LogP contribution in [0.25, 0.3) is 0 Å². The summed E-state index contributed by atoms with van der Waals surface area (Å²) in [5.74, 6) is 1.46. The lowest BCUT2D eigenvalue weighted by atomic mass is 10.2. The van der Waals surface area contributed by atoms with Gasteiger partial charge in [-0.05, 0) is 25.7 Å². The van der Waals surface area contributed by atoms with Crippen molar-refractivity contribution in [2.45, 2.75) is 26.3 Å². The van der Waals surface area contributed by atoms with Gasteiger partial charge >= 0.3 is 0 Å². The Balaban J connectivity index is 1.89. The van der Waals surface area contributed by atoms with Crippen LogP contribution in [0.5, 0.6) is 0 Å². The largest absolute Gasteiger partial charge is 0.337 e. The third-order valence-corrected chi connectivity index (χ3v) is 3.28. The van der Waals surface area contributed by atoms with E-state index in [1.165, 1.54) is 0 Å². The highest BCUT2D eigenvalue weighted by Crippen LogP contribution is 2.12. The standard InChI is InChI=1S/C12H23N5O/c1-4-13-10(2)9-11-14-12(15-18-11)17-7-5-16(3)6-8-17/h10,13H,4-9H2,1-3H3. The van der Waals surface area contributed by atoms with Crippen molar-refractivity contribution in [3.63, 3.8) is 0 Å². The smallest absolute Gasteiger partial charge is 0.266 e. The Bertz CT molecular complexity index is 359. The Labute approximate surface area is 108 Å². The molecule has 1 saturated heterocycles. The molecule has 6 heteroatoms. The molecule has 1 aromatic rings. The van der Waals surface area contributed by atoms with E-state index in [1.807, 2.05) is 0 Å². The number of nitrogens with zero attached hydrogens (tertiary/aromatic N) is 4. The minimum Gasteiger partial charge on any atom is -0.337 e. The molecule has 0 radical (unpaired) electrons. The fourth-order valence-corrected chi connectivity index (χ4v) is 2.15. The first-order chi connectivity index (χ1) is 8.69. The van der Waals surface area contributed by atoms with Gasteiger partial charge in [-0.15, -0.1) is 0 Å². The summed E-state index contributed by atoms with van der Waals surface area (Å²) in [5, 5.41) is 7.41. The van der Waals surface area contributed by atoms with Crippen molar-refractivity contribution >= 4 is 5.95 Å². The zero-order valence-corrected chi connectivity index (χ0v) is 11.5. The molecule has 0 spiro atoms. The van der Waals surface area contributed by atoms with Crippen LogP contribution in [-0.2, 0) is 6.42 Å². The van der Waals surface area contributed by atoms with Crippen LogP contribution in [0.4, 0.5) is 5.95 Å². The monoisotopic (exact) mass is 253 g/mol. The zero-order valence-electron chi connectivity index (χ0n) is 11.5. The molecule has 2 heterocycles. The summed E-state index contributed by atoms with van der Waals surface area (Å²) in [6.45, 7) is 9.23. The molecule has 0 bridgehead atoms. The molecule has 0 aromatic carbocycles. The van der Waals surface area contributed by atoms with E-state index >= 15 is 0 Å². The van der Waals surface area contributed by atoms with Gasteiger partial charge in [0, 0.05) is 38.6 Å². The Morgan fingerprint density at radius 2 is 2.06 bits per heavy atom. The maximum atomic E-state index is 5.31. The molecule has 0 amide bonds. The topological polar surface area (TPSA) is 57.4 Å². The molecule has 102 valence electrons. The number of hydrogen-bond donors (Lipinski definition) is 1. The predicted molar refractivity (Wildman–Crippen MR) is 70.9 cm³/mol. The van der Waals surface area contributed by atoms with Gasteiger partial charge in [-0.1, -0.05) is 6.92 Å². The first-order valence-electron chi connectivity index (χ1n) is 6.68. The second-order valence-electron chi connectivity index (χ2n) is 4.94. The van der Waals surface area contributed by atoms with E-state index in [4.69, 9.17) is 4.52 Å². The highest BCUT2D eigenvalue weighted by Gasteiger charge is 2.19. The lowest BCUT2D eigenvalue weighted by molar-refractivity contribution is 0.308. The van der Waals surface area contributed by atoms with Crippen molar-refractivity contribution in [3.8, 4) is 0 Å². The Morgan fingerprint density at radius 3 is 2.72 bits per heavy atom. The minimum atomic E-state index is 0.371. The normalized spacial score (nSPS) is 19.2. The number of aromatic nitrogens is 2. The third kappa shape index (κ3) is 3.43. The van der Waals surface area contributed by atoms with Crippen LogP contribution < -0.4 is 10.2 Å². The summed E-state index contributed by atoms with van der Waals surface area (Å²) in [5.41, 5.74) is 0. The van der Waals surface area contributed by atoms with Gasteiger partial charge in [0.25, 0.3) is 5.95 Å². The van der Waals surface area contributed by atoms with Gasteiger partial charge < -0.3 is 19.6 Å². The van der Waals surface area contributed by atoms with Crippen LogP contribution in [0.15, 0.2) is 4.52 Å². The molecule has 6 nitrogen and oxygen atoms in total. The van der Waals surface area contributed by atoms with Gasteiger partial charge in [0.05, 0.1) is 0 Å². The molecular formula is C12H23N5O. The molecule has 1 aliphatic rings. The number of piperazine rings is 1. The molecular weight excluding hydrogens is 230 g/mol. The Kier molecular flexibility index (Phi) is 4.54. The summed E-state index contributed by atoms with van der Waals surface area (Å²) in [4.78, 5) is 8.97. The molecule has 1 unspecified atom stereocenters. The number of likely N-dealkylation sites (N-methyl/N-ethyl adjacent to an activating group) is 2. The molecule has 1 atom stereocenters. The summed E-state index contributed by atoms with van der Waals surface area (Å²) in [6, 6.07) is 0.371. The molecule has 1 aliphatic heterocycles. The molecule has 0 saturated carbocycles. The van der Waals surface area contributed by atoms with Crippen molar-refractivity contribution in [1.29, 1.82) is 0 Å². The maximum absolute atomic E-state index is 5.31. The third-order valence-electron chi connectivity index (χ3n) is 3.28. The highest BCUT2D eigenvalue weighted by molar-refractivity contribution is 5.28. The lowest BCUT2D eigenvalue weighted by Gasteiger charge is -2.31. The zero-order chi connectivity index (χ0) is 13.0. The van der Waals surface area contributed by atoms with Crippen LogP contribution in [-0.4, -0.2) is 60.9 Å². The average Bonchev–Trinajstić information content (AvgIpc) is 2.78. The molecule has 1 N–H and O–H groups in total. The van der Waals surface area contributed by atoms with Gasteiger partial charge in [-0.25, -0.2) is 0 Å². The van der Waals surface area contributed by atoms with E-state index in [2.05, 4.69) is 46.2 Å². The molecule has 2 rings (SSSR count).